The minimum absolute atomic E-state index is 0.0888. The maximum Gasteiger partial charge on any atom is 0.241 e. The number of benzene rings is 1. The second kappa shape index (κ2) is 5.70. The first-order valence-corrected chi connectivity index (χ1v) is 9.97. The molecule has 1 saturated heterocycles. The van der Waals surface area contributed by atoms with Crippen molar-refractivity contribution in [1.82, 2.24) is 4.72 Å². The SMILES string of the molecule is O=S1(=O)CCCC(NS(=O)(=O)c2ccc(F)cc2Br)C1. The first kappa shape index (κ1) is 15.9. The molecular weight excluding hydrogens is 373 g/mol. The quantitative estimate of drug-likeness (QED) is 0.853. The molecule has 1 aromatic carbocycles. The van der Waals surface area contributed by atoms with E-state index >= 15 is 0 Å². The molecule has 20 heavy (non-hydrogen) atoms. The third-order valence-electron chi connectivity index (χ3n) is 2.97. The number of nitrogens with one attached hydrogen (secondary N) is 1. The van der Waals surface area contributed by atoms with Crippen LogP contribution in [0.1, 0.15) is 12.8 Å². The van der Waals surface area contributed by atoms with Crippen LogP contribution in [0.15, 0.2) is 27.6 Å². The zero-order chi connectivity index (χ0) is 15.0. The molecule has 0 bridgehead atoms. The summed E-state index contributed by atoms with van der Waals surface area (Å²) in [5, 5.41) is 0. The monoisotopic (exact) mass is 385 g/mol. The van der Waals surface area contributed by atoms with Crippen LogP contribution in [0, 0.1) is 5.82 Å². The van der Waals surface area contributed by atoms with Gasteiger partial charge in [-0.05, 0) is 47.0 Å². The van der Waals surface area contributed by atoms with Gasteiger partial charge in [0.15, 0.2) is 9.84 Å². The molecule has 1 unspecified atom stereocenters. The molecule has 1 aliphatic rings. The summed E-state index contributed by atoms with van der Waals surface area (Å²) in [6.07, 6.45) is 0.900. The average molecular weight is 386 g/mol. The lowest BCUT2D eigenvalue weighted by Gasteiger charge is -2.23. The van der Waals surface area contributed by atoms with Gasteiger partial charge in [-0.25, -0.2) is 25.9 Å². The summed E-state index contributed by atoms with van der Waals surface area (Å²) in [4.78, 5) is -0.109. The van der Waals surface area contributed by atoms with Gasteiger partial charge in [0.1, 0.15) is 5.82 Å². The topological polar surface area (TPSA) is 80.3 Å². The standard InChI is InChI=1S/C11H13BrFNO4S2/c12-10-6-8(13)3-4-11(10)20(17,18)14-9-2-1-5-19(15,16)7-9/h3-4,6,9,14H,1-2,5,7H2. The summed E-state index contributed by atoms with van der Waals surface area (Å²) < 4.78 is 62.8. The highest BCUT2D eigenvalue weighted by Crippen LogP contribution is 2.24. The van der Waals surface area contributed by atoms with Gasteiger partial charge in [0.25, 0.3) is 0 Å². The molecule has 1 fully saturated rings. The lowest BCUT2D eigenvalue weighted by molar-refractivity contribution is 0.517. The summed E-state index contributed by atoms with van der Waals surface area (Å²) in [5.74, 6) is -0.674. The summed E-state index contributed by atoms with van der Waals surface area (Å²) in [7, 11) is -7.09. The van der Waals surface area contributed by atoms with Crippen molar-refractivity contribution in [2.24, 2.45) is 0 Å². The van der Waals surface area contributed by atoms with Gasteiger partial charge in [0, 0.05) is 10.5 Å². The van der Waals surface area contributed by atoms with Gasteiger partial charge >= 0.3 is 0 Å². The average Bonchev–Trinajstić information content (AvgIpc) is 2.25. The van der Waals surface area contributed by atoms with Crippen LogP contribution in [0.5, 0.6) is 0 Å². The lowest BCUT2D eigenvalue weighted by Crippen LogP contribution is -2.43. The molecule has 1 aromatic rings. The minimum atomic E-state index is -3.89. The molecule has 0 aromatic heterocycles. The molecule has 0 spiro atoms. The molecule has 1 atom stereocenters. The predicted molar refractivity (Wildman–Crippen MR) is 76.1 cm³/mol. The van der Waals surface area contributed by atoms with Crippen LogP contribution in [0.25, 0.3) is 0 Å². The maximum absolute atomic E-state index is 13.0. The van der Waals surface area contributed by atoms with Gasteiger partial charge in [0.05, 0.1) is 16.4 Å². The first-order chi connectivity index (χ1) is 9.20. The Morgan fingerprint density at radius 3 is 2.65 bits per heavy atom. The fourth-order valence-electron chi connectivity index (χ4n) is 2.09. The fraction of sp³-hybridized carbons (Fsp3) is 0.455. The highest BCUT2D eigenvalue weighted by Gasteiger charge is 2.29. The molecule has 112 valence electrons. The van der Waals surface area contributed by atoms with Crippen molar-refractivity contribution in [3.63, 3.8) is 0 Å². The summed E-state index contributed by atoms with van der Waals surface area (Å²) >= 11 is 2.99. The van der Waals surface area contributed by atoms with Gasteiger partial charge in [-0.15, -0.1) is 0 Å². The largest absolute Gasteiger partial charge is 0.241 e. The minimum Gasteiger partial charge on any atom is -0.229 e. The fourth-order valence-corrected chi connectivity index (χ4v) is 6.15. The number of halogens is 2. The molecule has 2 rings (SSSR count). The maximum atomic E-state index is 13.0. The Bertz CT molecular complexity index is 718. The molecule has 0 radical (unpaired) electrons. The van der Waals surface area contributed by atoms with Crippen LogP contribution in [-0.4, -0.2) is 34.4 Å². The van der Waals surface area contributed by atoms with E-state index in [1.54, 1.807) is 0 Å². The van der Waals surface area contributed by atoms with Crippen LogP contribution in [-0.2, 0) is 19.9 Å². The summed E-state index contributed by atoms with van der Waals surface area (Å²) in [6, 6.07) is 2.58. The molecular formula is C11H13BrFNO4S2. The Hall–Kier alpha value is -0.510. The van der Waals surface area contributed by atoms with Gasteiger partial charge in [-0.3, -0.25) is 0 Å². The van der Waals surface area contributed by atoms with Crippen molar-refractivity contribution in [3.8, 4) is 0 Å². The Kier molecular flexibility index (Phi) is 4.53. The van der Waals surface area contributed by atoms with E-state index < -0.39 is 31.7 Å². The van der Waals surface area contributed by atoms with Crippen molar-refractivity contribution >= 4 is 35.8 Å². The van der Waals surface area contributed by atoms with E-state index in [2.05, 4.69) is 20.7 Å². The third-order valence-corrected chi connectivity index (χ3v) is 7.29. The zero-order valence-corrected chi connectivity index (χ0v) is 13.6. The van der Waals surface area contributed by atoms with Crippen LogP contribution in [0.4, 0.5) is 4.39 Å². The van der Waals surface area contributed by atoms with E-state index in [4.69, 9.17) is 0 Å². The second-order valence-corrected chi connectivity index (χ2v) is 9.42. The Morgan fingerprint density at radius 1 is 1.35 bits per heavy atom. The van der Waals surface area contributed by atoms with E-state index in [1.807, 2.05) is 0 Å². The van der Waals surface area contributed by atoms with Crippen molar-refractivity contribution < 1.29 is 21.2 Å². The second-order valence-electron chi connectivity index (χ2n) is 4.65. The van der Waals surface area contributed by atoms with Gasteiger partial charge in [-0.2, -0.15) is 0 Å². The van der Waals surface area contributed by atoms with E-state index in [0.717, 1.165) is 18.2 Å². The molecule has 5 nitrogen and oxygen atoms in total. The van der Waals surface area contributed by atoms with Crippen LogP contribution >= 0.6 is 15.9 Å². The van der Waals surface area contributed by atoms with Crippen molar-refractivity contribution in [2.75, 3.05) is 11.5 Å². The predicted octanol–water partition coefficient (Wildman–Crippen LogP) is 1.44. The third kappa shape index (κ3) is 3.78. The first-order valence-electron chi connectivity index (χ1n) is 5.87. The van der Waals surface area contributed by atoms with Gasteiger partial charge in [0.2, 0.25) is 10.0 Å². The molecule has 1 heterocycles. The Balaban J connectivity index is 2.23. The molecule has 1 N–H and O–H groups in total. The number of sulfone groups is 1. The summed E-state index contributed by atoms with van der Waals surface area (Å²) in [5.41, 5.74) is 0. The number of hydrogen-bond acceptors (Lipinski definition) is 4. The van der Waals surface area contributed by atoms with Crippen LogP contribution < -0.4 is 4.72 Å². The van der Waals surface area contributed by atoms with E-state index in [0.29, 0.717) is 12.8 Å². The Labute approximate surface area is 125 Å². The zero-order valence-electron chi connectivity index (χ0n) is 10.3. The van der Waals surface area contributed by atoms with Crippen LogP contribution in [0.3, 0.4) is 0 Å². The van der Waals surface area contributed by atoms with Gasteiger partial charge in [-0.1, -0.05) is 0 Å². The molecule has 1 aliphatic heterocycles. The van der Waals surface area contributed by atoms with Crippen molar-refractivity contribution in [3.05, 3.63) is 28.5 Å². The highest BCUT2D eigenvalue weighted by molar-refractivity contribution is 9.10. The number of sulfonamides is 1. The molecule has 0 saturated carbocycles. The lowest BCUT2D eigenvalue weighted by atomic mass is 10.2. The molecule has 9 heteroatoms. The van der Waals surface area contributed by atoms with E-state index in [-0.39, 0.29) is 20.9 Å². The van der Waals surface area contributed by atoms with Crippen LogP contribution in [0.2, 0.25) is 0 Å². The van der Waals surface area contributed by atoms with E-state index in [9.17, 15) is 21.2 Å². The van der Waals surface area contributed by atoms with Gasteiger partial charge < -0.3 is 0 Å². The summed E-state index contributed by atoms with van der Waals surface area (Å²) in [6.45, 7) is 0. The molecule has 0 aliphatic carbocycles. The highest BCUT2D eigenvalue weighted by atomic mass is 79.9. The van der Waals surface area contributed by atoms with Crippen molar-refractivity contribution in [1.29, 1.82) is 0 Å². The van der Waals surface area contributed by atoms with Crippen molar-refractivity contribution in [2.45, 2.75) is 23.8 Å². The number of hydrogen-bond donors (Lipinski definition) is 1. The number of rotatable bonds is 3. The Morgan fingerprint density at radius 2 is 2.05 bits per heavy atom. The van der Waals surface area contributed by atoms with E-state index in [1.165, 1.54) is 0 Å². The molecule has 0 amide bonds. The smallest absolute Gasteiger partial charge is 0.229 e. The normalized spacial score (nSPS) is 22.6.